The Morgan fingerprint density at radius 1 is 0.944 bits per heavy atom. The molecule has 0 spiro atoms. The first-order chi connectivity index (χ1) is 8.72. The maximum absolute atomic E-state index is 5.88. The van der Waals surface area contributed by atoms with Crippen molar-refractivity contribution in [2.75, 3.05) is 14.2 Å². The van der Waals surface area contributed by atoms with Gasteiger partial charge in [-0.1, -0.05) is 23.7 Å². The van der Waals surface area contributed by atoms with Crippen LogP contribution in [0.5, 0.6) is 11.5 Å². The number of hydrogen-bond donors (Lipinski definition) is 0. The standard InChI is InChI=1S/C15H15ClO2/c1-17-14-7-8-15(18-2)12(10-14)9-11-3-5-13(16)6-4-11/h3-8,10H,9H2,1-2H3. The maximum Gasteiger partial charge on any atom is 0.122 e. The lowest BCUT2D eigenvalue weighted by molar-refractivity contribution is 0.399. The molecule has 0 heterocycles. The largest absolute Gasteiger partial charge is 0.497 e. The van der Waals surface area contributed by atoms with Gasteiger partial charge in [-0.15, -0.1) is 0 Å². The van der Waals surface area contributed by atoms with Gasteiger partial charge in [0.05, 0.1) is 14.2 Å². The third-order valence-corrected chi connectivity index (χ3v) is 3.05. The van der Waals surface area contributed by atoms with Crippen molar-refractivity contribution in [2.24, 2.45) is 0 Å². The Kier molecular flexibility index (Phi) is 4.11. The quantitative estimate of drug-likeness (QED) is 0.831. The van der Waals surface area contributed by atoms with E-state index in [0.717, 1.165) is 28.5 Å². The third-order valence-electron chi connectivity index (χ3n) is 2.80. The molecule has 2 rings (SSSR count). The molecule has 2 nitrogen and oxygen atoms in total. The Bertz CT molecular complexity index is 521. The summed E-state index contributed by atoms with van der Waals surface area (Å²) in [5.41, 5.74) is 2.28. The van der Waals surface area contributed by atoms with Crippen LogP contribution < -0.4 is 9.47 Å². The molecule has 0 unspecified atom stereocenters. The molecule has 2 aromatic rings. The highest BCUT2D eigenvalue weighted by molar-refractivity contribution is 6.30. The van der Waals surface area contributed by atoms with E-state index in [1.807, 2.05) is 42.5 Å². The molecule has 0 saturated carbocycles. The molecule has 0 saturated heterocycles. The first-order valence-electron chi connectivity index (χ1n) is 5.68. The van der Waals surface area contributed by atoms with Gasteiger partial charge in [-0.25, -0.2) is 0 Å². The number of hydrogen-bond acceptors (Lipinski definition) is 2. The molecule has 0 fully saturated rings. The lowest BCUT2D eigenvalue weighted by Crippen LogP contribution is -1.95. The van der Waals surface area contributed by atoms with Crippen molar-refractivity contribution >= 4 is 11.6 Å². The molecule has 0 aliphatic heterocycles. The van der Waals surface area contributed by atoms with Gasteiger partial charge in [0, 0.05) is 17.0 Å². The molecule has 0 bridgehead atoms. The molecule has 0 aliphatic carbocycles. The Balaban J connectivity index is 2.29. The van der Waals surface area contributed by atoms with Crippen molar-refractivity contribution in [1.29, 1.82) is 0 Å². The van der Waals surface area contributed by atoms with E-state index in [4.69, 9.17) is 21.1 Å². The van der Waals surface area contributed by atoms with E-state index in [-0.39, 0.29) is 0 Å². The van der Waals surface area contributed by atoms with E-state index in [0.29, 0.717) is 0 Å². The van der Waals surface area contributed by atoms with Crippen molar-refractivity contribution < 1.29 is 9.47 Å². The van der Waals surface area contributed by atoms with E-state index in [2.05, 4.69) is 0 Å². The van der Waals surface area contributed by atoms with Crippen molar-refractivity contribution in [3.8, 4) is 11.5 Å². The van der Waals surface area contributed by atoms with Crippen LogP contribution in [0, 0.1) is 0 Å². The molecular formula is C15H15ClO2. The minimum Gasteiger partial charge on any atom is -0.497 e. The van der Waals surface area contributed by atoms with Gasteiger partial charge in [0.15, 0.2) is 0 Å². The number of methoxy groups -OCH3 is 2. The SMILES string of the molecule is COc1ccc(OC)c(Cc2ccc(Cl)cc2)c1. The van der Waals surface area contributed by atoms with Crippen LogP contribution in [0.15, 0.2) is 42.5 Å². The number of rotatable bonds is 4. The molecule has 0 radical (unpaired) electrons. The van der Waals surface area contributed by atoms with E-state index < -0.39 is 0 Å². The predicted molar refractivity (Wildman–Crippen MR) is 73.8 cm³/mol. The van der Waals surface area contributed by atoms with Crippen molar-refractivity contribution in [3.63, 3.8) is 0 Å². The number of halogens is 1. The van der Waals surface area contributed by atoms with Crippen LogP contribution in [-0.4, -0.2) is 14.2 Å². The lowest BCUT2D eigenvalue weighted by Gasteiger charge is -2.10. The summed E-state index contributed by atoms with van der Waals surface area (Å²) in [6.07, 6.45) is 0.789. The van der Waals surface area contributed by atoms with Gasteiger partial charge in [-0.3, -0.25) is 0 Å². The van der Waals surface area contributed by atoms with Gasteiger partial charge in [0.1, 0.15) is 11.5 Å². The van der Waals surface area contributed by atoms with Gasteiger partial charge >= 0.3 is 0 Å². The fourth-order valence-corrected chi connectivity index (χ4v) is 1.97. The van der Waals surface area contributed by atoms with E-state index in [1.54, 1.807) is 14.2 Å². The van der Waals surface area contributed by atoms with Crippen molar-refractivity contribution in [3.05, 3.63) is 58.6 Å². The van der Waals surface area contributed by atoms with Gasteiger partial charge in [0.2, 0.25) is 0 Å². The zero-order valence-electron chi connectivity index (χ0n) is 10.4. The Labute approximate surface area is 112 Å². The second-order valence-electron chi connectivity index (χ2n) is 3.98. The fraction of sp³-hybridized carbons (Fsp3) is 0.200. The highest BCUT2D eigenvalue weighted by Gasteiger charge is 2.06. The minimum absolute atomic E-state index is 0.747. The summed E-state index contributed by atoms with van der Waals surface area (Å²) < 4.78 is 10.6. The summed E-state index contributed by atoms with van der Waals surface area (Å²) >= 11 is 5.88. The highest BCUT2D eigenvalue weighted by Crippen LogP contribution is 2.26. The van der Waals surface area contributed by atoms with Crippen molar-refractivity contribution in [2.45, 2.75) is 6.42 Å². The van der Waals surface area contributed by atoms with Crippen LogP contribution in [0.1, 0.15) is 11.1 Å². The Morgan fingerprint density at radius 2 is 1.67 bits per heavy atom. The first-order valence-corrected chi connectivity index (χ1v) is 6.06. The van der Waals surface area contributed by atoms with Crippen LogP contribution >= 0.6 is 11.6 Å². The minimum atomic E-state index is 0.747. The van der Waals surface area contributed by atoms with Crippen LogP contribution in [0.3, 0.4) is 0 Å². The smallest absolute Gasteiger partial charge is 0.122 e. The molecule has 0 aliphatic rings. The average Bonchev–Trinajstić information content (AvgIpc) is 2.41. The monoisotopic (exact) mass is 262 g/mol. The molecule has 2 aromatic carbocycles. The predicted octanol–water partition coefficient (Wildman–Crippen LogP) is 3.95. The summed E-state index contributed by atoms with van der Waals surface area (Å²) in [6, 6.07) is 13.6. The summed E-state index contributed by atoms with van der Waals surface area (Å²) in [5.74, 6) is 1.70. The van der Waals surface area contributed by atoms with Gasteiger partial charge in [-0.05, 0) is 35.9 Å². The normalized spacial score (nSPS) is 10.2. The lowest BCUT2D eigenvalue weighted by atomic mass is 10.0. The third kappa shape index (κ3) is 2.96. The van der Waals surface area contributed by atoms with E-state index >= 15 is 0 Å². The molecule has 3 heteroatoms. The zero-order chi connectivity index (χ0) is 13.0. The average molecular weight is 263 g/mol. The summed E-state index contributed by atoms with van der Waals surface area (Å²) in [6.45, 7) is 0. The molecule has 0 atom stereocenters. The van der Waals surface area contributed by atoms with Gasteiger partial charge in [-0.2, -0.15) is 0 Å². The topological polar surface area (TPSA) is 18.5 Å². The molecule has 94 valence electrons. The summed E-state index contributed by atoms with van der Waals surface area (Å²) in [4.78, 5) is 0. The van der Waals surface area contributed by atoms with Crippen LogP contribution in [-0.2, 0) is 6.42 Å². The fourth-order valence-electron chi connectivity index (χ4n) is 1.84. The molecule has 0 aromatic heterocycles. The number of benzene rings is 2. The second kappa shape index (κ2) is 5.78. The highest BCUT2D eigenvalue weighted by atomic mass is 35.5. The van der Waals surface area contributed by atoms with Gasteiger partial charge < -0.3 is 9.47 Å². The second-order valence-corrected chi connectivity index (χ2v) is 4.42. The summed E-state index contributed by atoms with van der Waals surface area (Å²) in [7, 11) is 3.33. The molecule has 0 amide bonds. The summed E-state index contributed by atoms with van der Waals surface area (Å²) in [5, 5.41) is 0.747. The van der Waals surface area contributed by atoms with Crippen LogP contribution in [0.2, 0.25) is 5.02 Å². The molecular weight excluding hydrogens is 248 g/mol. The first kappa shape index (κ1) is 12.8. The van der Waals surface area contributed by atoms with Crippen molar-refractivity contribution in [1.82, 2.24) is 0 Å². The van der Waals surface area contributed by atoms with Gasteiger partial charge in [0.25, 0.3) is 0 Å². The Hall–Kier alpha value is -1.67. The van der Waals surface area contributed by atoms with Crippen LogP contribution in [0.4, 0.5) is 0 Å². The van der Waals surface area contributed by atoms with E-state index in [1.165, 1.54) is 5.56 Å². The Morgan fingerprint density at radius 3 is 2.28 bits per heavy atom. The van der Waals surface area contributed by atoms with E-state index in [9.17, 15) is 0 Å². The van der Waals surface area contributed by atoms with Crippen LogP contribution in [0.25, 0.3) is 0 Å². The molecule has 0 N–H and O–H groups in total. The maximum atomic E-state index is 5.88. The zero-order valence-corrected chi connectivity index (χ0v) is 11.2. The molecule has 18 heavy (non-hydrogen) atoms. The number of ether oxygens (including phenoxy) is 2.